The molecule has 4 N–H and O–H groups in total. The van der Waals surface area contributed by atoms with E-state index in [1.54, 1.807) is 0 Å². The molecule has 3 heterocycles. The molecule has 3 aromatic rings. The van der Waals surface area contributed by atoms with Crippen molar-refractivity contribution in [2.75, 3.05) is 49.4 Å². The lowest BCUT2D eigenvalue weighted by Gasteiger charge is -2.18. The zero-order valence-corrected chi connectivity index (χ0v) is 21.9. The predicted molar refractivity (Wildman–Crippen MR) is 139 cm³/mol. The van der Waals surface area contributed by atoms with Gasteiger partial charge in [0.15, 0.2) is 5.82 Å². The van der Waals surface area contributed by atoms with Crippen LogP contribution in [0.3, 0.4) is 0 Å². The van der Waals surface area contributed by atoms with Gasteiger partial charge < -0.3 is 15.8 Å². The van der Waals surface area contributed by atoms with Crippen molar-refractivity contribution in [3.8, 4) is 11.1 Å². The van der Waals surface area contributed by atoms with Crippen molar-refractivity contribution in [3.63, 3.8) is 0 Å². The SMILES string of the molecule is Cl.Cn1c(=O)c(-c2c(F)ccc(NS(=O)(=O)N3CCC(F)C3)c2F)cc2cnc(NCCOCCN)nc21. The van der Waals surface area contributed by atoms with Gasteiger partial charge in [-0.2, -0.15) is 17.7 Å². The quantitative estimate of drug-likeness (QED) is 0.309. The summed E-state index contributed by atoms with van der Waals surface area (Å²) in [6.45, 7) is 1.11. The van der Waals surface area contributed by atoms with Gasteiger partial charge in [-0.25, -0.2) is 18.2 Å². The molecule has 0 aliphatic carbocycles. The average Bonchev–Trinajstić information content (AvgIpc) is 3.31. The molecule has 38 heavy (non-hydrogen) atoms. The highest BCUT2D eigenvalue weighted by molar-refractivity contribution is 7.90. The molecular formula is C22H27ClF3N7O4S. The highest BCUT2D eigenvalue weighted by Crippen LogP contribution is 2.31. The van der Waals surface area contributed by atoms with Crippen LogP contribution in [0.5, 0.6) is 0 Å². The van der Waals surface area contributed by atoms with Gasteiger partial charge in [0.05, 0.1) is 30.0 Å². The molecule has 1 saturated heterocycles. The normalized spacial score (nSPS) is 16.0. The molecule has 1 aromatic carbocycles. The second-order valence-corrected chi connectivity index (χ2v) is 10.0. The third-order valence-electron chi connectivity index (χ3n) is 5.77. The van der Waals surface area contributed by atoms with Crippen molar-refractivity contribution in [2.24, 2.45) is 12.8 Å². The maximum absolute atomic E-state index is 15.4. The molecule has 208 valence electrons. The molecular weight excluding hydrogens is 551 g/mol. The van der Waals surface area contributed by atoms with Crippen molar-refractivity contribution >= 4 is 45.3 Å². The molecule has 1 aliphatic heterocycles. The van der Waals surface area contributed by atoms with Gasteiger partial charge in [0.25, 0.3) is 5.56 Å². The van der Waals surface area contributed by atoms with E-state index in [4.69, 9.17) is 10.5 Å². The van der Waals surface area contributed by atoms with E-state index in [1.165, 1.54) is 19.3 Å². The summed E-state index contributed by atoms with van der Waals surface area (Å²) in [5.74, 6) is -2.14. The van der Waals surface area contributed by atoms with Crippen molar-refractivity contribution in [3.05, 3.63) is 46.4 Å². The number of nitrogens with zero attached hydrogens (tertiary/aromatic N) is 4. The first kappa shape index (κ1) is 29.6. The van der Waals surface area contributed by atoms with Gasteiger partial charge in [-0.3, -0.25) is 14.1 Å². The third kappa shape index (κ3) is 6.18. The number of fused-ring (bicyclic) bond motifs is 1. The number of aromatic nitrogens is 3. The van der Waals surface area contributed by atoms with Crippen LogP contribution in [0.1, 0.15) is 6.42 Å². The number of nitrogens with two attached hydrogens (primary N) is 1. The van der Waals surface area contributed by atoms with Gasteiger partial charge in [-0.15, -0.1) is 12.4 Å². The number of anilines is 2. The van der Waals surface area contributed by atoms with E-state index in [2.05, 4.69) is 15.3 Å². The molecule has 2 aromatic heterocycles. The molecule has 0 bridgehead atoms. The standard InChI is InChI=1S/C22H26F3N7O4S.ClH/c1-31-20-13(11-28-22(29-20)27-6-9-36-8-5-26)10-15(21(31)33)18-16(24)2-3-17(19(18)25)30-37(34,35)32-7-4-14(23)12-32;/h2-3,10-11,14,30H,4-9,12,26H2,1H3,(H,27,28,29);1H. The monoisotopic (exact) mass is 577 g/mol. The van der Waals surface area contributed by atoms with E-state index in [0.29, 0.717) is 31.7 Å². The van der Waals surface area contributed by atoms with Crippen LogP contribution in [0.15, 0.2) is 29.2 Å². The van der Waals surface area contributed by atoms with Gasteiger partial charge in [0, 0.05) is 44.8 Å². The minimum absolute atomic E-state index is 0. The van der Waals surface area contributed by atoms with E-state index in [9.17, 15) is 22.0 Å². The smallest absolute Gasteiger partial charge is 0.301 e. The van der Waals surface area contributed by atoms with Crippen molar-refractivity contribution in [2.45, 2.75) is 12.6 Å². The van der Waals surface area contributed by atoms with Crippen LogP contribution in [-0.4, -0.2) is 72.8 Å². The van der Waals surface area contributed by atoms with Crippen molar-refractivity contribution < 1.29 is 26.3 Å². The number of benzene rings is 1. The zero-order valence-electron chi connectivity index (χ0n) is 20.3. The van der Waals surface area contributed by atoms with E-state index in [0.717, 1.165) is 21.0 Å². The fourth-order valence-electron chi connectivity index (χ4n) is 3.92. The fraction of sp³-hybridized carbons (Fsp3) is 0.409. The van der Waals surface area contributed by atoms with E-state index in [1.807, 2.05) is 4.72 Å². The number of hydrogen-bond acceptors (Lipinski definition) is 8. The van der Waals surface area contributed by atoms with Crippen molar-refractivity contribution in [1.82, 2.24) is 18.8 Å². The Morgan fingerprint density at radius 2 is 2.03 bits per heavy atom. The molecule has 16 heteroatoms. The number of nitrogens with one attached hydrogen (secondary N) is 2. The molecule has 11 nitrogen and oxygen atoms in total. The van der Waals surface area contributed by atoms with E-state index in [-0.39, 0.29) is 49.1 Å². The summed E-state index contributed by atoms with van der Waals surface area (Å²) in [6.07, 6.45) is 0.0811. The van der Waals surface area contributed by atoms with Crippen LogP contribution in [0.4, 0.5) is 24.8 Å². The molecule has 0 spiro atoms. The number of aryl methyl sites for hydroxylation is 1. The Hall–Kier alpha value is -2.98. The van der Waals surface area contributed by atoms with Gasteiger partial charge in [0.2, 0.25) is 5.95 Å². The minimum Gasteiger partial charge on any atom is -0.378 e. The van der Waals surface area contributed by atoms with Gasteiger partial charge in [0.1, 0.15) is 17.6 Å². The maximum Gasteiger partial charge on any atom is 0.301 e. The summed E-state index contributed by atoms with van der Waals surface area (Å²) in [4.78, 5) is 21.6. The molecule has 0 amide bonds. The lowest BCUT2D eigenvalue weighted by molar-refractivity contribution is 0.151. The Morgan fingerprint density at radius 1 is 1.26 bits per heavy atom. The van der Waals surface area contributed by atoms with Crippen LogP contribution < -0.4 is 21.3 Å². The summed E-state index contributed by atoms with van der Waals surface area (Å²) < 4.78 is 78.1. The summed E-state index contributed by atoms with van der Waals surface area (Å²) in [7, 11) is -2.91. The zero-order chi connectivity index (χ0) is 26.7. The van der Waals surface area contributed by atoms with Crippen LogP contribution in [0, 0.1) is 11.6 Å². The lowest BCUT2D eigenvalue weighted by Crippen LogP contribution is -2.34. The molecule has 1 aliphatic rings. The second kappa shape index (κ2) is 12.3. The maximum atomic E-state index is 15.4. The first-order valence-corrected chi connectivity index (χ1v) is 12.8. The predicted octanol–water partition coefficient (Wildman–Crippen LogP) is 1.78. The number of ether oxygens (including phenoxy) is 1. The van der Waals surface area contributed by atoms with Gasteiger partial charge in [-0.1, -0.05) is 0 Å². The average molecular weight is 578 g/mol. The van der Waals surface area contributed by atoms with Gasteiger partial charge in [-0.05, 0) is 24.6 Å². The second-order valence-electron chi connectivity index (χ2n) is 8.36. The minimum atomic E-state index is -4.30. The summed E-state index contributed by atoms with van der Waals surface area (Å²) in [5.41, 5.74) is 3.16. The Kier molecular flexibility index (Phi) is 9.54. The number of pyridine rings is 1. The third-order valence-corrected chi connectivity index (χ3v) is 7.26. The lowest BCUT2D eigenvalue weighted by atomic mass is 10.0. The fourth-order valence-corrected chi connectivity index (χ4v) is 5.19. The van der Waals surface area contributed by atoms with Crippen LogP contribution in [-0.2, 0) is 22.0 Å². The molecule has 4 rings (SSSR count). The summed E-state index contributed by atoms with van der Waals surface area (Å²) >= 11 is 0. The number of hydrogen-bond donors (Lipinski definition) is 3. The summed E-state index contributed by atoms with van der Waals surface area (Å²) in [5, 5.41) is 3.26. The van der Waals surface area contributed by atoms with Crippen LogP contribution in [0.25, 0.3) is 22.2 Å². The number of halogens is 4. The molecule has 1 unspecified atom stereocenters. The molecule has 1 fully saturated rings. The molecule has 0 saturated carbocycles. The van der Waals surface area contributed by atoms with E-state index < -0.39 is 44.8 Å². The number of rotatable bonds is 10. The Labute approximate surface area is 222 Å². The summed E-state index contributed by atoms with van der Waals surface area (Å²) in [6, 6.07) is 2.98. The number of alkyl halides is 1. The van der Waals surface area contributed by atoms with E-state index >= 15 is 4.39 Å². The largest absolute Gasteiger partial charge is 0.378 e. The van der Waals surface area contributed by atoms with Crippen molar-refractivity contribution in [1.29, 1.82) is 0 Å². The Bertz CT molecular complexity index is 1480. The topological polar surface area (TPSA) is 144 Å². The van der Waals surface area contributed by atoms with Crippen LogP contribution in [0.2, 0.25) is 0 Å². The first-order valence-electron chi connectivity index (χ1n) is 11.4. The highest BCUT2D eigenvalue weighted by atomic mass is 35.5. The highest BCUT2D eigenvalue weighted by Gasteiger charge is 2.32. The van der Waals surface area contributed by atoms with Gasteiger partial charge >= 0.3 is 10.2 Å². The Balaban J connectivity index is 0.00000400. The molecule has 0 radical (unpaired) electrons. The van der Waals surface area contributed by atoms with Crippen LogP contribution >= 0.6 is 12.4 Å². The first-order chi connectivity index (χ1) is 17.6. The Morgan fingerprint density at radius 3 is 2.71 bits per heavy atom. The molecule has 1 atom stereocenters.